The number of likely N-dealkylation sites (N-methyl/N-ethyl adjacent to an activating group) is 1. The molecule has 1 fully saturated rings. The maximum atomic E-state index is 11.7. The quantitative estimate of drug-likeness (QED) is 0.687. The summed E-state index contributed by atoms with van der Waals surface area (Å²) < 4.78 is 0. The van der Waals surface area contributed by atoms with Crippen molar-refractivity contribution < 1.29 is 9.69 Å². The molecule has 1 aliphatic heterocycles. The lowest BCUT2D eigenvalue weighted by molar-refractivity contribution is -0.884. The van der Waals surface area contributed by atoms with Crippen molar-refractivity contribution in [2.24, 2.45) is 5.41 Å². The fourth-order valence-electron chi connectivity index (χ4n) is 2.63. The number of carbonyl (C=O) groups excluding carboxylic acids is 1. The van der Waals surface area contributed by atoms with Gasteiger partial charge in [0.2, 0.25) is 0 Å². The predicted octanol–water partition coefficient (Wildman–Crippen LogP) is -0.406. The Morgan fingerprint density at radius 1 is 1.35 bits per heavy atom. The van der Waals surface area contributed by atoms with Gasteiger partial charge in [-0.15, -0.1) is 0 Å². The van der Waals surface area contributed by atoms with Crippen molar-refractivity contribution in [2.75, 3.05) is 33.2 Å². The van der Waals surface area contributed by atoms with Gasteiger partial charge in [0.25, 0.3) is 0 Å². The fourth-order valence-corrected chi connectivity index (χ4v) is 2.63. The van der Waals surface area contributed by atoms with Gasteiger partial charge in [0.1, 0.15) is 5.78 Å². The molecular formula is C13H24N3O+. The lowest BCUT2D eigenvalue weighted by atomic mass is 9.81. The summed E-state index contributed by atoms with van der Waals surface area (Å²) in [5, 5.41) is 2.24. The third kappa shape index (κ3) is 3.54. The second kappa shape index (κ2) is 4.78. The van der Waals surface area contributed by atoms with Crippen LogP contribution in [0.1, 0.15) is 26.7 Å². The van der Waals surface area contributed by atoms with E-state index < -0.39 is 0 Å². The van der Waals surface area contributed by atoms with Gasteiger partial charge in [0, 0.05) is 18.5 Å². The Morgan fingerprint density at radius 3 is 2.59 bits per heavy atom. The number of rotatable bonds is 2. The van der Waals surface area contributed by atoms with Crippen molar-refractivity contribution in [3.05, 3.63) is 11.8 Å². The first-order valence-corrected chi connectivity index (χ1v) is 6.51. The highest BCUT2D eigenvalue weighted by atomic mass is 16.1. The van der Waals surface area contributed by atoms with E-state index in [1.165, 1.54) is 0 Å². The van der Waals surface area contributed by atoms with E-state index in [0.717, 1.165) is 31.9 Å². The first-order chi connectivity index (χ1) is 7.94. The molecule has 0 saturated carbocycles. The molecule has 0 aromatic carbocycles. The van der Waals surface area contributed by atoms with Crippen LogP contribution in [0.25, 0.3) is 0 Å². The molecule has 0 radical (unpaired) electrons. The second-order valence-electron chi connectivity index (χ2n) is 6.11. The van der Waals surface area contributed by atoms with E-state index in [1.807, 2.05) is 0 Å². The highest BCUT2D eigenvalue weighted by Gasteiger charge is 2.27. The number of ketones is 1. The van der Waals surface area contributed by atoms with E-state index >= 15 is 0 Å². The first-order valence-electron chi connectivity index (χ1n) is 6.51. The molecule has 4 heteroatoms. The van der Waals surface area contributed by atoms with Gasteiger partial charge < -0.3 is 10.3 Å². The van der Waals surface area contributed by atoms with Gasteiger partial charge in [-0.05, 0) is 5.41 Å². The molecule has 0 aromatic heterocycles. The van der Waals surface area contributed by atoms with E-state index in [-0.39, 0.29) is 5.41 Å². The molecule has 0 aromatic rings. The Hall–Kier alpha value is -0.870. The standard InChI is InChI=1S/C13H23N3O/c1-13(2)9-11(8-12(17)10-13)14-16-6-4-15(3)5-7-16/h9,14H,4-8,10H2,1-3H3/p+1. The molecule has 0 unspecified atom stereocenters. The lowest BCUT2D eigenvalue weighted by Gasteiger charge is -2.34. The number of allylic oxidation sites excluding steroid dienone is 2. The fraction of sp³-hybridized carbons (Fsp3) is 0.769. The van der Waals surface area contributed by atoms with Crippen molar-refractivity contribution >= 4 is 5.78 Å². The second-order valence-corrected chi connectivity index (χ2v) is 6.11. The highest BCUT2D eigenvalue weighted by molar-refractivity contribution is 5.82. The predicted molar refractivity (Wildman–Crippen MR) is 67.4 cm³/mol. The van der Waals surface area contributed by atoms with Gasteiger partial charge in [0.15, 0.2) is 0 Å². The van der Waals surface area contributed by atoms with Gasteiger partial charge in [-0.2, -0.15) is 0 Å². The number of nitrogens with one attached hydrogen (secondary N) is 2. The molecule has 1 saturated heterocycles. The molecule has 96 valence electrons. The van der Waals surface area contributed by atoms with Crippen molar-refractivity contribution in [3.63, 3.8) is 0 Å². The molecule has 0 atom stereocenters. The Kier molecular flexibility index (Phi) is 3.54. The summed E-state index contributed by atoms with van der Waals surface area (Å²) in [5.41, 5.74) is 4.52. The van der Waals surface area contributed by atoms with E-state index in [2.05, 4.69) is 37.4 Å². The third-order valence-electron chi connectivity index (χ3n) is 3.52. The van der Waals surface area contributed by atoms with Crippen LogP contribution >= 0.6 is 0 Å². The van der Waals surface area contributed by atoms with E-state index in [4.69, 9.17) is 0 Å². The summed E-state index contributed by atoms with van der Waals surface area (Å²) in [5.74, 6) is 0.347. The molecule has 4 nitrogen and oxygen atoms in total. The number of quaternary nitrogens is 1. The molecule has 17 heavy (non-hydrogen) atoms. The van der Waals surface area contributed by atoms with Gasteiger partial charge >= 0.3 is 0 Å². The SMILES string of the molecule is C[NH+]1CCN(NC2=CC(C)(C)CC(=O)C2)CC1. The van der Waals surface area contributed by atoms with Crippen LogP contribution in [0.15, 0.2) is 11.8 Å². The largest absolute Gasteiger partial charge is 0.335 e. The van der Waals surface area contributed by atoms with Gasteiger partial charge in [-0.1, -0.05) is 19.9 Å². The van der Waals surface area contributed by atoms with Gasteiger partial charge in [-0.3, -0.25) is 4.79 Å². The third-order valence-corrected chi connectivity index (χ3v) is 3.52. The molecule has 1 heterocycles. The van der Waals surface area contributed by atoms with Crippen molar-refractivity contribution in [1.82, 2.24) is 10.4 Å². The number of carbonyl (C=O) groups is 1. The topological polar surface area (TPSA) is 36.8 Å². The maximum absolute atomic E-state index is 11.7. The Bertz CT molecular complexity index is 328. The summed E-state index contributed by atoms with van der Waals surface area (Å²) in [4.78, 5) is 13.3. The van der Waals surface area contributed by atoms with Crippen LogP contribution in [0.4, 0.5) is 0 Å². The number of Topliss-reactive ketones (excluding diaryl/α,β-unsaturated/α-hetero) is 1. The summed E-state index contributed by atoms with van der Waals surface area (Å²) in [6.45, 7) is 8.69. The number of hydrogen-bond acceptors (Lipinski definition) is 3. The minimum absolute atomic E-state index is 0.00942. The summed E-state index contributed by atoms with van der Waals surface area (Å²) in [6, 6.07) is 0. The molecular weight excluding hydrogens is 214 g/mol. The molecule has 0 spiro atoms. The minimum atomic E-state index is 0.00942. The average molecular weight is 238 g/mol. The zero-order valence-electron chi connectivity index (χ0n) is 11.2. The molecule has 2 rings (SSSR count). The van der Waals surface area contributed by atoms with Crippen LogP contribution in [-0.2, 0) is 4.79 Å². The van der Waals surface area contributed by atoms with Crippen LogP contribution in [-0.4, -0.2) is 44.0 Å². The minimum Gasteiger partial charge on any atom is -0.335 e. The van der Waals surface area contributed by atoms with E-state index in [1.54, 1.807) is 4.90 Å². The highest BCUT2D eigenvalue weighted by Crippen LogP contribution is 2.30. The Morgan fingerprint density at radius 2 is 2.00 bits per heavy atom. The molecule has 2 N–H and O–H groups in total. The number of nitrogens with zero attached hydrogens (tertiary/aromatic N) is 1. The summed E-state index contributed by atoms with van der Waals surface area (Å²) in [7, 11) is 2.23. The van der Waals surface area contributed by atoms with Gasteiger partial charge in [-0.25, -0.2) is 5.01 Å². The summed E-state index contributed by atoms with van der Waals surface area (Å²) in [6.07, 6.45) is 3.47. The van der Waals surface area contributed by atoms with Crippen LogP contribution in [0.5, 0.6) is 0 Å². The maximum Gasteiger partial charge on any atom is 0.139 e. The van der Waals surface area contributed by atoms with Crippen molar-refractivity contribution in [3.8, 4) is 0 Å². The van der Waals surface area contributed by atoms with E-state index in [9.17, 15) is 4.79 Å². The number of hydrazine groups is 1. The van der Waals surface area contributed by atoms with E-state index in [0.29, 0.717) is 18.6 Å². The zero-order valence-corrected chi connectivity index (χ0v) is 11.2. The van der Waals surface area contributed by atoms with Crippen molar-refractivity contribution in [1.29, 1.82) is 0 Å². The molecule has 2 aliphatic rings. The van der Waals surface area contributed by atoms with Crippen LogP contribution in [0.2, 0.25) is 0 Å². The first kappa shape index (κ1) is 12.6. The zero-order chi connectivity index (χ0) is 12.5. The molecule has 1 aliphatic carbocycles. The Balaban J connectivity index is 1.94. The Labute approximate surface area is 104 Å². The van der Waals surface area contributed by atoms with Crippen LogP contribution < -0.4 is 10.3 Å². The average Bonchev–Trinajstić information content (AvgIpc) is 2.18. The molecule has 0 bridgehead atoms. The number of piperazine rings is 1. The monoisotopic (exact) mass is 238 g/mol. The van der Waals surface area contributed by atoms with Crippen LogP contribution in [0, 0.1) is 5.41 Å². The van der Waals surface area contributed by atoms with Crippen molar-refractivity contribution in [2.45, 2.75) is 26.7 Å². The normalized spacial score (nSPS) is 26.8. The van der Waals surface area contributed by atoms with Crippen LogP contribution in [0.3, 0.4) is 0 Å². The summed E-state index contributed by atoms with van der Waals surface area (Å²) >= 11 is 0. The smallest absolute Gasteiger partial charge is 0.139 e. The van der Waals surface area contributed by atoms with Gasteiger partial charge in [0.05, 0.1) is 33.2 Å². The molecule has 0 amide bonds. The number of hydrogen-bond donors (Lipinski definition) is 2. The lowest BCUT2D eigenvalue weighted by Crippen LogP contribution is -3.12.